The van der Waals surface area contributed by atoms with Crippen LogP contribution in [-0.4, -0.2) is 20.1 Å². The number of nitrogens with zero attached hydrogens (tertiary/aromatic N) is 2. The number of benzene rings is 1. The molecule has 7 heteroatoms. The summed E-state index contributed by atoms with van der Waals surface area (Å²) in [6, 6.07) is 5.94. The summed E-state index contributed by atoms with van der Waals surface area (Å²) < 4.78 is 0.909. The fourth-order valence-corrected chi connectivity index (χ4v) is 3.76. The van der Waals surface area contributed by atoms with Crippen molar-refractivity contribution in [3.63, 3.8) is 0 Å². The van der Waals surface area contributed by atoms with Gasteiger partial charge in [0, 0.05) is 27.7 Å². The fraction of sp³-hybridized carbons (Fsp3) is 0.0714. The van der Waals surface area contributed by atoms with Crippen LogP contribution in [-0.2, 0) is 11.2 Å². The monoisotopic (exact) mass is 360 g/mol. The number of rotatable bonds is 2. The molecule has 0 radical (unpaired) electrons. The summed E-state index contributed by atoms with van der Waals surface area (Å²) >= 11 is 4.79. The van der Waals surface area contributed by atoms with Gasteiger partial charge in [-0.1, -0.05) is 17.8 Å². The molecule has 3 aromatic rings. The Morgan fingerprint density at radius 2 is 2.24 bits per heavy atom. The van der Waals surface area contributed by atoms with Crippen molar-refractivity contribution in [3.8, 4) is 0 Å². The maximum absolute atomic E-state index is 11.5. The summed E-state index contributed by atoms with van der Waals surface area (Å²) in [6.45, 7) is 0. The predicted molar refractivity (Wildman–Crippen MR) is 85.9 cm³/mol. The van der Waals surface area contributed by atoms with Gasteiger partial charge in [0.05, 0.1) is 5.39 Å². The molecule has 0 saturated heterocycles. The number of aromatic nitrogens is 3. The summed E-state index contributed by atoms with van der Waals surface area (Å²) in [5.41, 5.74) is 2.76. The summed E-state index contributed by atoms with van der Waals surface area (Å²) in [5, 5.41) is 4.39. The first-order chi connectivity index (χ1) is 10.2. The van der Waals surface area contributed by atoms with Gasteiger partial charge in [-0.05, 0) is 33.6 Å². The molecule has 2 N–H and O–H groups in total. The molecule has 0 unspecified atom stereocenters. The summed E-state index contributed by atoms with van der Waals surface area (Å²) in [5.74, 6) is 0.724. The van der Waals surface area contributed by atoms with Crippen LogP contribution in [0.1, 0.15) is 5.56 Å². The number of thioether (sulfide) groups is 1. The quantitative estimate of drug-likeness (QED) is 0.729. The zero-order valence-corrected chi connectivity index (χ0v) is 13.1. The fourth-order valence-electron chi connectivity index (χ4n) is 2.34. The third kappa shape index (κ3) is 2.22. The van der Waals surface area contributed by atoms with E-state index in [0.717, 1.165) is 37.5 Å². The van der Waals surface area contributed by atoms with Crippen LogP contribution in [0, 0.1) is 0 Å². The molecular formula is C14H9BrN4OS. The Hall–Kier alpha value is -1.86. The van der Waals surface area contributed by atoms with Crippen molar-refractivity contribution in [1.82, 2.24) is 15.0 Å². The Balaban J connectivity index is 1.74. The van der Waals surface area contributed by atoms with Gasteiger partial charge in [0.15, 0.2) is 5.12 Å². The topological polar surface area (TPSA) is 70.7 Å². The van der Waals surface area contributed by atoms with Gasteiger partial charge in [0.1, 0.15) is 17.8 Å². The first kappa shape index (κ1) is 12.8. The third-order valence-electron chi connectivity index (χ3n) is 3.31. The highest BCUT2D eigenvalue weighted by atomic mass is 79.9. The summed E-state index contributed by atoms with van der Waals surface area (Å²) in [6.07, 6.45) is 3.86. The van der Waals surface area contributed by atoms with E-state index in [0.29, 0.717) is 6.42 Å². The largest absolute Gasteiger partial charge is 0.345 e. The Morgan fingerprint density at radius 3 is 3.14 bits per heavy atom. The zero-order chi connectivity index (χ0) is 14.4. The van der Waals surface area contributed by atoms with Gasteiger partial charge in [-0.15, -0.1) is 0 Å². The molecule has 0 saturated carbocycles. The van der Waals surface area contributed by atoms with E-state index in [-0.39, 0.29) is 5.12 Å². The average Bonchev–Trinajstić information content (AvgIpc) is 3.02. The molecular weight excluding hydrogens is 352 g/mol. The van der Waals surface area contributed by atoms with Gasteiger partial charge in [-0.2, -0.15) is 0 Å². The van der Waals surface area contributed by atoms with Gasteiger partial charge < -0.3 is 10.3 Å². The van der Waals surface area contributed by atoms with Crippen LogP contribution in [0.25, 0.3) is 11.0 Å². The molecule has 3 heterocycles. The van der Waals surface area contributed by atoms with Crippen LogP contribution in [0.2, 0.25) is 0 Å². The molecule has 0 amide bonds. The number of hydrogen-bond acceptors (Lipinski definition) is 5. The van der Waals surface area contributed by atoms with E-state index in [9.17, 15) is 4.79 Å². The van der Waals surface area contributed by atoms with Crippen LogP contribution < -0.4 is 5.32 Å². The van der Waals surface area contributed by atoms with Crippen molar-refractivity contribution in [2.75, 3.05) is 5.32 Å². The highest BCUT2D eigenvalue weighted by molar-refractivity contribution is 9.10. The number of halogens is 1. The second kappa shape index (κ2) is 4.85. The second-order valence-electron chi connectivity index (χ2n) is 4.68. The van der Waals surface area contributed by atoms with Gasteiger partial charge in [0.25, 0.3) is 0 Å². The van der Waals surface area contributed by atoms with Crippen LogP contribution in [0.15, 0.2) is 40.1 Å². The van der Waals surface area contributed by atoms with E-state index in [1.807, 2.05) is 24.4 Å². The van der Waals surface area contributed by atoms with E-state index < -0.39 is 0 Å². The Labute approximate surface area is 132 Å². The zero-order valence-electron chi connectivity index (χ0n) is 10.7. The van der Waals surface area contributed by atoms with Crippen molar-refractivity contribution in [2.24, 2.45) is 0 Å². The molecule has 0 atom stereocenters. The number of hydrogen-bond donors (Lipinski definition) is 2. The smallest absolute Gasteiger partial charge is 0.198 e. The highest BCUT2D eigenvalue weighted by Gasteiger charge is 2.19. The number of carbonyl (C=O) groups excluding carboxylic acids is 1. The molecule has 1 aromatic carbocycles. The molecule has 0 fully saturated rings. The van der Waals surface area contributed by atoms with E-state index in [1.165, 1.54) is 18.1 Å². The molecule has 21 heavy (non-hydrogen) atoms. The molecule has 0 spiro atoms. The minimum absolute atomic E-state index is 0.194. The minimum Gasteiger partial charge on any atom is -0.345 e. The van der Waals surface area contributed by atoms with Crippen LogP contribution in [0.3, 0.4) is 0 Å². The standard InChI is InChI=1S/C14H9BrN4OS/c15-9-5-16-13-12(9)14(18-6-17-13)19-8-2-1-7-3-11(20)21-10(7)4-8/h1-2,4-6H,3H2,(H2,16,17,18,19). The van der Waals surface area contributed by atoms with Gasteiger partial charge in [-0.25, -0.2) is 9.97 Å². The SMILES string of the molecule is O=C1Cc2ccc(Nc3ncnc4[nH]cc(Br)c34)cc2S1. The Kier molecular flexibility index (Phi) is 2.97. The van der Waals surface area contributed by atoms with E-state index in [2.05, 4.69) is 36.2 Å². The molecule has 5 nitrogen and oxygen atoms in total. The molecule has 4 rings (SSSR count). The second-order valence-corrected chi connectivity index (χ2v) is 6.63. The highest BCUT2D eigenvalue weighted by Crippen LogP contribution is 2.36. The molecule has 104 valence electrons. The number of fused-ring (bicyclic) bond motifs is 2. The van der Waals surface area contributed by atoms with Crippen LogP contribution >= 0.6 is 27.7 Å². The molecule has 1 aliphatic heterocycles. The third-order valence-corrected chi connectivity index (χ3v) is 4.91. The number of aromatic amines is 1. The molecule has 2 aromatic heterocycles. The van der Waals surface area contributed by atoms with Crippen molar-refractivity contribution in [3.05, 3.63) is 40.8 Å². The maximum Gasteiger partial charge on any atom is 0.198 e. The number of anilines is 2. The lowest BCUT2D eigenvalue weighted by atomic mass is 10.1. The predicted octanol–water partition coefficient (Wildman–Crippen LogP) is 3.64. The van der Waals surface area contributed by atoms with Crippen molar-refractivity contribution >= 4 is 55.3 Å². The number of nitrogens with one attached hydrogen (secondary N) is 2. The van der Waals surface area contributed by atoms with Crippen molar-refractivity contribution < 1.29 is 4.79 Å². The maximum atomic E-state index is 11.5. The molecule has 0 aliphatic carbocycles. The summed E-state index contributed by atoms with van der Waals surface area (Å²) in [7, 11) is 0. The number of H-pyrrole nitrogens is 1. The van der Waals surface area contributed by atoms with Gasteiger partial charge in [0.2, 0.25) is 0 Å². The Bertz CT molecular complexity index is 877. The molecule has 1 aliphatic rings. The van der Waals surface area contributed by atoms with Gasteiger partial charge in [-0.3, -0.25) is 4.79 Å². The number of carbonyl (C=O) groups is 1. The van der Waals surface area contributed by atoms with E-state index in [1.54, 1.807) is 0 Å². The molecule has 0 bridgehead atoms. The Morgan fingerprint density at radius 1 is 1.33 bits per heavy atom. The minimum atomic E-state index is 0.194. The lowest BCUT2D eigenvalue weighted by Gasteiger charge is -2.08. The van der Waals surface area contributed by atoms with Gasteiger partial charge >= 0.3 is 0 Å². The lowest BCUT2D eigenvalue weighted by Crippen LogP contribution is -1.96. The summed E-state index contributed by atoms with van der Waals surface area (Å²) in [4.78, 5) is 24.0. The first-order valence-corrected chi connectivity index (χ1v) is 7.90. The van der Waals surface area contributed by atoms with E-state index in [4.69, 9.17) is 0 Å². The van der Waals surface area contributed by atoms with Crippen molar-refractivity contribution in [1.29, 1.82) is 0 Å². The first-order valence-electron chi connectivity index (χ1n) is 6.29. The average molecular weight is 361 g/mol. The van der Waals surface area contributed by atoms with Crippen LogP contribution in [0.4, 0.5) is 11.5 Å². The van der Waals surface area contributed by atoms with Crippen molar-refractivity contribution in [2.45, 2.75) is 11.3 Å². The normalized spacial score (nSPS) is 13.7. The van der Waals surface area contributed by atoms with E-state index >= 15 is 0 Å². The lowest BCUT2D eigenvalue weighted by molar-refractivity contribution is -0.110. The van der Waals surface area contributed by atoms with Crippen LogP contribution in [0.5, 0.6) is 0 Å².